The van der Waals surface area contributed by atoms with Gasteiger partial charge in [0.05, 0.1) is 4.90 Å². The number of rotatable bonds is 3. The van der Waals surface area contributed by atoms with Crippen LogP contribution in [0.15, 0.2) is 23.1 Å². The van der Waals surface area contributed by atoms with E-state index in [-0.39, 0.29) is 17.9 Å². The summed E-state index contributed by atoms with van der Waals surface area (Å²) in [6, 6.07) is 3.51. The van der Waals surface area contributed by atoms with Crippen LogP contribution < -0.4 is 0 Å². The van der Waals surface area contributed by atoms with Crippen molar-refractivity contribution in [3.05, 3.63) is 29.6 Å². The van der Waals surface area contributed by atoms with Crippen LogP contribution in [0.1, 0.15) is 31.7 Å². The van der Waals surface area contributed by atoms with E-state index in [1.165, 1.54) is 19.1 Å². The van der Waals surface area contributed by atoms with Crippen molar-refractivity contribution in [3.63, 3.8) is 0 Å². The van der Waals surface area contributed by atoms with Gasteiger partial charge in [0.2, 0.25) is 10.0 Å². The summed E-state index contributed by atoms with van der Waals surface area (Å²) in [6.45, 7) is 3.09. The van der Waals surface area contributed by atoms with Crippen LogP contribution in [0.3, 0.4) is 0 Å². The monoisotopic (exact) mass is 315 g/mol. The third kappa shape index (κ3) is 2.67. The molecule has 0 aromatic heterocycles. The fraction of sp³-hybridized carbons (Fsp3) is 0.500. The zero-order chi connectivity index (χ0) is 15.8. The zero-order valence-corrected chi connectivity index (χ0v) is 12.8. The summed E-state index contributed by atoms with van der Waals surface area (Å²) in [5, 5.41) is 9.42. The molecule has 21 heavy (non-hydrogen) atoms. The van der Waals surface area contributed by atoms with Gasteiger partial charge in [-0.2, -0.15) is 4.31 Å². The minimum absolute atomic E-state index is 0.126. The van der Waals surface area contributed by atoms with Crippen molar-refractivity contribution in [2.24, 2.45) is 0 Å². The lowest BCUT2D eigenvalue weighted by atomic mass is 9.91. The largest absolute Gasteiger partial charge is 0.480 e. The van der Waals surface area contributed by atoms with Crippen molar-refractivity contribution < 1.29 is 22.7 Å². The van der Waals surface area contributed by atoms with E-state index in [9.17, 15) is 22.7 Å². The SMILES string of the molecule is Cc1ccc(F)cc1S(=O)(=O)N1CCCCC1(C)C(=O)O. The van der Waals surface area contributed by atoms with Gasteiger partial charge < -0.3 is 5.11 Å². The van der Waals surface area contributed by atoms with Crippen molar-refractivity contribution >= 4 is 16.0 Å². The Morgan fingerprint density at radius 3 is 2.67 bits per heavy atom. The van der Waals surface area contributed by atoms with Gasteiger partial charge >= 0.3 is 5.97 Å². The van der Waals surface area contributed by atoms with Crippen LogP contribution in [0, 0.1) is 12.7 Å². The van der Waals surface area contributed by atoms with Gasteiger partial charge in [0.25, 0.3) is 0 Å². The molecular weight excluding hydrogens is 297 g/mol. The molecule has 0 amide bonds. The number of hydrogen-bond acceptors (Lipinski definition) is 3. The standard InChI is InChI=1S/C14H18FNO4S/c1-10-5-6-11(15)9-12(10)21(19,20)16-8-4-3-7-14(16,2)13(17)18/h5-6,9H,3-4,7-8H2,1-2H3,(H,17,18). The number of benzene rings is 1. The van der Waals surface area contributed by atoms with Crippen LogP contribution in [0.4, 0.5) is 4.39 Å². The number of piperidine rings is 1. The van der Waals surface area contributed by atoms with E-state index in [1.807, 2.05) is 0 Å². The van der Waals surface area contributed by atoms with Gasteiger partial charge in [0, 0.05) is 6.54 Å². The first kappa shape index (κ1) is 15.9. The summed E-state index contributed by atoms with van der Waals surface area (Å²) in [5.74, 6) is -1.84. The summed E-state index contributed by atoms with van der Waals surface area (Å²) in [5.41, 5.74) is -1.09. The molecule has 116 valence electrons. The molecular formula is C14H18FNO4S. The molecule has 0 radical (unpaired) electrons. The van der Waals surface area contributed by atoms with Gasteiger partial charge in [-0.25, -0.2) is 12.8 Å². The number of hydrogen-bond donors (Lipinski definition) is 1. The Balaban J connectivity index is 2.56. The minimum Gasteiger partial charge on any atom is -0.480 e. The van der Waals surface area contributed by atoms with E-state index in [0.29, 0.717) is 18.4 Å². The van der Waals surface area contributed by atoms with Crippen molar-refractivity contribution in [1.29, 1.82) is 0 Å². The minimum atomic E-state index is -4.06. The Labute approximate surface area is 123 Å². The van der Waals surface area contributed by atoms with Gasteiger partial charge in [0.15, 0.2) is 0 Å². The molecule has 1 aromatic carbocycles. The summed E-state index contributed by atoms with van der Waals surface area (Å²) >= 11 is 0. The zero-order valence-electron chi connectivity index (χ0n) is 12.0. The highest BCUT2D eigenvalue weighted by Crippen LogP contribution is 2.34. The lowest BCUT2D eigenvalue weighted by Crippen LogP contribution is -2.57. The van der Waals surface area contributed by atoms with Crippen molar-refractivity contribution in [2.45, 2.75) is 43.5 Å². The maximum Gasteiger partial charge on any atom is 0.324 e. The number of aryl methyl sites for hydroxylation is 1. The van der Waals surface area contributed by atoms with Gasteiger partial charge in [0.1, 0.15) is 11.4 Å². The third-order valence-electron chi connectivity index (χ3n) is 4.00. The molecule has 1 atom stereocenters. The maximum absolute atomic E-state index is 13.4. The number of carbonyl (C=O) groups is 1. The molecule has 1 N–H and O–H groups in total. The average Bonchev–Trinajstić information content (AvgIpc) is 2.41. The van der Waals surface area contributed by atoms with Crippen LogP contribution in [0.2, 0.25) is 0 Å². The summed E-state index contributed by atoms with van der Waals surface area (Å²) in [4.78, 5) is 11.4. The number of sulfonamides is 1. The third-order valence-corrected chi connectivity index (χ3v) is 6.17. The van der Waals surface area contributed by atoms with Gasteiger partial charge in [-0.3, -0.25) is 4.79 Å². The van der Waals surface area contributed by atoms with Crippen LogP contribution in [0.25, 0.3) is 0 Å². The molecule has 1 saturated heterocycles. The molecule has 1 aliphatic heterocycles. The van der Waals surface area contributed by atoms with Crippen LogP contribution in [-0.4, -0.2) is 35.9 Å². The summed E-state index contributed by atoms with van der Waals surface area (Å²) in [7, 11) is -4.06. The number of carboxylic acid groups (broad SMARTS) is 1. The van der Waals surface area contributed by atoms with Gasteiger partial charge in [-0.1, -0.05) is 6.07 Å². The molecule has 1 unspecified atom stereocenters. The van der Waals surface area contributed by atoms with Gasteiger partial charge in [-0.05, 0) is 50.8 Å². The van der Waals surface area contributed by atoms with Crippen molar-refractivity contribution in [3.8, 4) is 0 Å². The predicted molar refractivity (Wildman–Crippen MR) is 74.9 cm³/mol. The van der Waals surface area contributed by atoms with Crippen LogP contribution >= 0.6 is 0 Å². The molecule has 1 fully saturated rings. The topological polar surface area (TPSA) is 74.7 Å². The van der Waals surface area contributed by atoms with E-state index in [1.54, 1.807) is 6.92 Å². The molecule has 1 heterocycles. The Morgan fingerprint density at radius 2 is 2.05 bits per heavy atom. The van der Waals surface area contributed by atoms with E-state index >= 15 is 0 Å². The quantitative estimate of drug-likeness (QED) is 0.927. The Bertz CT molecular complexity index is 674. The van der Waals surface area contributed by atoms with E-state index < -0.39 is 27.3 Å². The highest BCUT2D eigenvalue weighted by atomic mass is 32.2. The Hall–Kier alpha value is -1.47. The summed E-state index contributed by atoms with van der Waals surface area (Å²) in [6.07, 6.45) is 1.49. The van der Waals surface area contributed by atoms with Crippen LogP contribution in [-0.2, 0) is 14.8 Å². The lowest BCUT2D eigenvalue weighted by Gasteiger charge is -2.40. The molecule has 0 saturated carbocycles. The first-order valence-corrected chi connectivity index (χ1v) is 8.16. The summed E-state index contributed by atoms with van der Waals surface area (Å²) < 4.78 is 39.9. The maximum atomic E-state index is 13.4. The molecule has 5 nitrogen and oxygen atoms in total. The predicted octanol–water partition coefficient (Wildman–Crippen LogP) is 2.15. The van der Waals surface area contributed by atoms with E-state index in [2.05, 4.69) is 0 Å². The van der Waals surface area contributed by atoms with Gasteiger partial charge in [-0.15, -0.1) is 0 Å². The normalized spacial score (nSPS) is 24.0. The Kier molecular flexibility index (Phi) is 4.08. The van der Waals surface area contributed by atoms with E-state index in [4.69, 9.17) is 0 Å². The molecule has 2 rings (SSSR count). The first-order chi connectivity index (χ1) is 9.69. The molecule has 0 spiro atoms. The first-order valence-electron chi connectivity index (χ1n) is 6.72. The number of aliphatic carboxylic acids is 1. The number of halogens is 1. The van der Waals surface area contributed by atoms with E-state index in [0.717, 1.165) is 10.4 Å². The Morgan fingerprint density at radius 1 is 1.38 bits per heavy atom. The van der Waals surface area contributed by atoms with Crippen molar-refractivity contribution in [2.75, 3.05) is 6.54 Å². The number of nitrogens with zero attached hydrogens (tertiary/aromatic N) is 1. The molecule has 1 aromatic rings. The fourth-order valence-corrected chi connectivity index (χ4v) is 4.71. The fourth-order valence-electron chi connectivity index (χ4n) is 2.67. The highest BCUT2D eigenvalue weighted by Gasteiger charge is 2.48. The number of carboxylic acids is 1. The average molecular weight is 315 g/mol. The lowest BCUT2D eigenvalue weighted by molar-refractivity contribution is -0.149. The van der Waals surface area contributed by atoms with Crippen molar-refractivity contribution in [1.82, 2.24) is 4.31 Å². The molecule has 1 aliphatic rings. The second kappa shape index (κ2) is 5.38. The second-order valence-corrected chi connectivity index (χ2v) is 7.35. The highest BCUT2D eigenvalue weighted by molar-refractivity contribution is 7.89. The molecule has 7 heteroatoms. The second-order valence-electron chi connectivity index (χ2n) is 5.52. The van der Waals surface area contributed by atoms with Crippen LogP contribution in [0.5, 0.6) is 0 Å². The molecule has 0 bridgehead atoms. The smallest absolute Gasteiger partial charge is 0.324 e. The molecule has 0 aliphatic carbocycles.